The van der Waals surface area contributed by atoms with Crippen LogP contribution in [-0.4, -0.2) is 13.2 Å². The summed E-state index contributed by atoms with van der Waals surface area (Å²) in [6.45, 7) is 5.45. The first-order valence-corrected chi connectivity index (χ1v) is 11.3. The lowest BCUT2D eigenvalue weighted by Crippen LogP contribution is -2.29. The molecule has 1 saturated carbocycles. The van der Waals surface area contributed by atoms with Crippen LogP contribution in [0.5, 0.6) is 0 Å². The maximum Gasteiger partial charge on any atom is 0.238 e. The Bertz CT molecular complexity index is 1280. The number of benzene rings is 2. The average Bonchev–Trinajstić information content (AvgIpc) is 3.37. The molecule has 0 spiro atoms. The first-order chi connectivity index (χ1) is 14.7. The summed E-state index contributed by atoms with van der Waals surface area (Å²) in [6, 6.07) is 5.49. The third kappa shape index (κ3) is 3.56. The largest absolute Gasteiger partial charge is 0.462 e. The zero-order chi connectivity index (χ0) is 22.4. The molecule has 0 radical (unpaired) electrons. The number of hydrogen-bond donors (Lipinski definition) is 2. The molecule has 4 rings (SSSR count). The van der Waals surface area contributed by atoms with Gasteiger partial charge in [0.1, 0.15) is 17.2 Å². The lowest BCUT2D eigenvalue weighted by molar-refractivity contribution is 0.518. The highest BCUT2D eigenvalue weighted by atomic mass is 32.2. The summed E-state index contributed by atoms with van der Waals surface area (Å²) in [6.07, 6.45) is 4.26. The fourth-order valence-corrected chi connectivity index (χ4v) is 5.24. The van der Waals surface area contributed by atoms with E-state index >= 15 is 4.39 Å². The van der Waals surface area contributed by atoms with Crippen LogP contribution in [0.2, 0.25) is 0 Å². The summed E-state index contributed by atoms with van der Waals surface area (Å²) in [4.78, 5) is 0. The number of aryl methyl sites for hydroxylation is 1. The van der Waals surface area contributed by atoms with Gasteiger partial charge in [0.05, 0.1) is 22.1 Å². The second kappa shape index (κ2) is 7.64. The summed E-state index contributed by atoms with van der Waals surface area (Å²) in [5, 5.41) is 2.29. The van der Waals surface area contributed by atoms with Crippen LogP contribution in [0, 0.1) is 17.5 Å². The maximum atomic E-state index is 15.0. The van der Waals surface area contributed by atoms with Crippen LogP contribution < -0.4 is 10.0 Å². The van der Waals surface area contributed by atoms with Crippen molar-refractivity contribution in [1.82, 2.24) is 0 Å². The Morgan fingerprint density at radius 2 is 1.90 bits per heavy atom. The maximum absolute atomic E-state index is 15.0. The smallest absolute Gasteiger partial charge is 0.238 e. The summed E-state index contributed by atoms with van der Waals surface area (Å²) < 4.78 is 76.9. The highest BCUT2D eigenvalue weighted by Gasteiger charge is 2.54. The monoisotopic (exact) mass is 450 g/mol. The number of anilines is 3. The van der Waals surface area contributed by atoms with Gasteiger partial charge in [0, 0.05) is 0 Å². The molecular formula is C22H21F3N2O3S. The van der Waals surface area contributed by atoms with Gasteiger partial charge in [-0.1, -0.05) is 19.1 Å². The Morgan fingerprint density at radius 3 is 2.52 bits per heavy atom. The number of sulfonamides is 1. The summed E-state index contributed by atoms with van der Waals surface area (Å²) in [5.41, 5.74) is -0.467. The van der Waals surface area contributed by atoms with Gasteiger partial charge in [-0.2, -0.15) is 0 Å². The highest BCUT2D eigenvalue weighted by molar-refractivity contribution is 7.94. The van der Waals surface area contributed by atoms with E-state index in [0.717, 1.165) is 11.8 Å². The zero-order valence-corrected chi connectivity index (χ0v) is 17.6. The van der Waals surface area contributed by atoms with E-state index in [1.54, 1.807) is 6.07 Å². The zero-order valence-electron chi connectivity index (χ0n) is 16.8. The minimum atomic E-state index is -4.00. The van der Waals surface area contributed by atoms with Gasteiger partial charge in [0.15, 0.2) is 17.2 Å². The van der Waals surface area contributed by atoms with E-state index in [-0.39, 0.29) is 28.8 Å². The van der Waals surface area contributed by atoms with E-state index in [1.165, 1.54) is 24.3 Å². The van der Waals surface area contributed by atoms with Crippen molar-refractivity contribution in [3.8, 4) is 0 Å². The van der Waals surface area contributed by atoms with Crippen molar-refractivity contribution >= 4 is 38.1 Å². The number of nitrogens with one attached hydrogen (secondary N) is 2. The first-order valence-electron chi connectivity index (χ1n) is 9.80. The topological polar surface area (TPSA) is 71.3 Å². The van der Waals surface area contributed by atoms with E-state index in [0.29, 0.717) is 19.3 Å². The van der Waals surface area contributed by atoms with E-state index in [1.807, 2.05) is 6.92 Å². The van der Waals surface area contributed by atoms with Crippen molar-refractivity contribution in [1.29, 1.82) is 0 Å². The van der Waals surface area contributed by atoms with E-state index in [2.05, 4.69) is 16.6 Å². The fourth-order valence-electron chi connectivity index (χ4n) is 3.58. The Balaban J connectivity index is 1.85. The molecule has 5 nitrogen and oxygen atoms in total. The minimum Gasteiger partial charge on any atom is -0.462 e. The van der Waals surface area contributed by atoms with Crippen LogP contribution in [0.4, 0.5) is 30.2 Å². The van der Waals surface area contributed by atoms with Gasteiger partial charge in [-0.25, -0.2) is 21.6 Å². The molecule has 1 aliphatic rings. The molecule has 164 valence electrons. The van der Waals surface area contributed by atoms with Crippen molar-refractivity contribution in [2.45, 2.75) is 37.4 Å². The molecule has 0 atom stereocenters. The van der Waals surface area contributed by atoms with Crippen molar-refractivity contribution < 1.29 is 26.0 Å². The molecule has 1 aliphatic carbocycles. The van der Waals surface area contributed by atoms with Crippen molar-refractivity contribution in [3.05, 3.63) is 66.2 Å². The SMILES string of the molecule is C=CCC1(S(=O)(=O)Nc2c(Nc3ccc(CC)cc3F)c(F)c(F)c3ccoc23)CC1. The Morgan fingerprint density at radius 1 is 1.16 bits per heavy atom. The van der Waals surface area contributed by atoms with Gasteiger partial charge < -0.3 is 9.73 Å². The predicted octanol–water partition coefficient (Wildman–Crippen LogP) is 6.01. The average molecular weight is 450 g/mol. The van der Waals surface area contributed by atoms with Gasteiger partial charge in [-0.3, -0.25) is 4.72 Å². The van der Waals surface area contributed by atoms with Gasteiger partial charge >= 0.3 is 0 Å². The number of allylic oxidation sites excluding steroid dienone is 1. The molecular weight excluding hydrogens is 429 g/mol. The quantitative estimate of drug-likeness (QED) is 0.413. The number of hydrogen-bond acceptors (Lipinski definition) is 4. The Kier molecular flexibility index (Phi) is 5.25. The van der Waals surface area contributed by atoms with Crippen molar-refractivity contribution in [2.24, 2.45) is 0 Å². The number of rotatable bonds is 8. The molecule has 0 amide bonds. The molecule has 0 saturated heterocycles. The molecule has 1 heterocycles. The lowest BCUT2D eigenvalue weighted by Gasteiger charge is -2.20. The molecule has 31 heavy (non-hydrogen) atoms. The normalized spacial score (nSPS) is 15.1. The Labute approximate surface area is 178 Å². The molecule has 0 aliphatic heterocycles. The van der Waals surface area contributed by atoms with Crippen molar-refractivity contribution in [2.75, 3.05) is 10.0 Å². The number of furan rings is 1. The summed E-state index contributed by atoms with van der Waals surface area (Å²) in [5.74, 6) is -3.26. The molecule has 2 aromatic carbocycles. The van der Waals surface area contributed by atoms with Crippen LogP contribution in [0.3, 0.4) is 0 Å². The van der Waals surface area contributed by atoms with E-state index < -0.39 is 37.9 Å². The summed E-state index contributed by atoms with van der Waals surface area (Å²) in [7, 11) is -4.00. The van der Waals surface area contributed by atoms with Gasteiger partial charge in [0.25, 0.3) is 0 Å². The second-order valence-electron chi connectivity index (χ2n) is 7.62. The standard InChI is InChI=1S/C22H21F3N2O3S/c1-3-8-22(9-10-22)31(28,29)27-20-19(18(25)17(24)14-7-11-30-21(14)20)26-16-6-5-13(4-2)12-15(16)23/h3,5-7,11-12,26-27H,1,4,8-10H2,2H3. The van der Waals surface area contributed by atoms with Crippen LogP contribution in [0.1, 0.15) is 31.7 Å². The van der Waals surface area contributed by atoms with Gasteiger partial charge in [-0.05, 0) is 49.4 Å². The third-order valence-corrected chi connectivity index (χ3v) is 7.81. The highest BCUT2D eigenvalue weighted by Crippen LogP contribution is 2.49. The van der Waals surface area contributed by atoms with Crippen molar-refractivity contribution in [3.63, 3.8) is 0 Å². The second-order valence-corrected chi connectivity index (χ2v) is 9.69. The van der Waals surface area contributed by atoms with Crippen LogP contribution >= 0.6 is 0 Å². The molecule has 2 N–H and O–H groups in total. The molecule has 0 unspecified atom stereocenters. The van der Waals surface area contributed by atoms with Gasteiger partial charge in [-0.15, -0.1) is 6.58 Å². The molecule has 1 fully saturated rings. The van der Waals surface area contributed by atoms with Crippen LogP contribution in [0.15, 0.2) is 47.6 Å². The Hall–Kier alpha value is -2.94. The minimum absolute atomic E-state index is 0.130. The molecule has 0 bridgehead atoms. The molecule has 1 aromatic heterocycles. The third-order valence-electron chi connectivity index (χ3n) is 5.62. The van der Waals surface area contributed by atoms with E-state index in [9.17, 15) is 17.2 Å². The molecule has 3 aromatic rings. The molecule has 9 heteroatoms. The summed E-state index contributed by atoms with van der Waals surface area (Å²) >= 11 is 0. The number of halogens is 3. The van der Waals surface area contributed by atoms with Crippen LogP contribution in [0.25, 0.3) is 11.0 Å². The van der Waals surface area contributed by atoms with Crippen LogP contribution in [-0.2, 0) is 16.4 Å². The fraction of sp³-hybridized carbons (Fsp3) is 0.273. The van der Waals surface area contributed by atoms with E-state index in [4.69, 9.17) is 4.42 Å². The van der Waals surface area contributed by atoms with Gasteiger partial charge in [0.2, 0.25) is 10.0 Å². The predicted molar refractivity (Wildman–Crippen MR) is 115 cm³/mol. The lowest BCUT2D eigenvalue weighted by atomic mass is 10.1. The number of fused-ring (bicyclic) bond motifs is 1. The first kappa shape index (κ1) is 21.3.